The monoisotopic (exact) mass is 261 g/mol. The second-order valence-electron chi connectivity index (χ2n) is 1.84. The molecular formula is C4H4BrN7O2. The van der Waals surface area contributed by atoms with Gasteiger partial charge in [0.05, 0.1) is 0 Å². The lowest BCUT2D eigenvalue weighted by atomic mass is 11.1. The summed E-state index contributed by atoms with van der Waals surface area (Å²) in [4.78, 5) is 16.0. The van der Waals surface area contributed by atoms with Crippen molar-refractivity contribution in [3.63, 3.8) is 0 Å². The molecule has 0 aliphatic carbocycles. The largest absolute Gasteiger partial charge is 0.453 e. The van der Waals surface area contributed by atoms with Gasteiger partial charge in [0.2, 0.25) is 6.33 Å². The first-order valence-electron chi connectivity index (χ1n) is 3.20. The van der Waals surface area contributed by atoms with E-state index < -0.39 is 4.92 Å². The molecule has 0 fully saturated rings. The molecule has 0 amide bonds. The highest BCUT2D eigenvalue weighted by Crippen LogP contribution is 1.94. The summed E-state index contributed by atoms with van der Waals surface area (Å²) in [6.45, 7) is 0. The molecule has 74 valence electrons. The van der Waals surface area contributed by atoms with Crippen LogP contribution in [0.3, 0.4) is 0 Å². The summed E-state index contributed by atoms with van der Waals surface area (Å²) in [5.41, 5.74) is 0. The molecule has 0 aliphatic rings. The highest BCUT2D eigenvalue weighted by atomic mass is 79.9. The van der Waals surface area contributed by atoms with Gasteiger partial charge in [-0.15, -0.1) is 5.10 Å². The van der Waals surface area contributed by atoms with Crippen LogP contribution in [0.1, 0.15) is 0 Å². The average molecular weight is 262 g/mol. The standard InChI is InChI=1S/C2H2BrN3.C2H2N4O2/c3-2-4-1-5-6-2;7-6(8)2-3-1-4-5-2/h1H,(H,4,5,6);1H,(H,3,4,5). The van der Waals surface area contributed by atoms with Crippen LogP contribution < -0.4 is 0 Å². The fourth-order valence-corrected chi connectivity index (χ4v) is 0.671. The van der Waals surface area contributed by atoms with Gasteiger partial charge < -0.3 is 10.1 Å². The molecule has 0 unspecified atom stereocenters. The first-order chi connectivity index (χ1) is 6.70. The highest BCUT2D eigenvalue weighted by Gasteiger charge is 2.02. The molecule has 0 spiro atoms. The van der Waals surface area contributed by atoms with Gasteiger partial charge in [0.25, 0.3) is 0 Å². The van der Waals surface area contributed by atoms with Crippen molar-refractivity contribution in [2.45, 2.75) is 0 Å². The molecule has 2 heterocycles. The third kappa shape index (κ3) is 3.26. The van der Waals surface area contributed by atoms with E-state index in [1.807, 2.05) is 0 Å². The third-order valence-corrected chi connectivity index (χ3v) is 1.34. The molecular weight excluding hydrogens is 258 g/mol. The zero-order valence-electron chi connectivity index (χ0n) is 6.59. The van der Waals surface area contributed by atoms with Gasteiger partial charge >= 0.3 is 5.95 Å². The minimum Gasteiger partial charge on any atom is -0.390 e. The predicted octanol–water partition coefficient (Wildman–Crippen LogP) is 0.280. The summed E-state index contributed by atoms with van der Waals surface area (Å²) in [6, 6.07) is 0. The molecule has 0 atom stereocenters. The lowest BCUT2D eigenvalue weighted by Gasteiger charge is -1.82. The summed E-state index contributed by atoms with van der Waals surface area (Å²) in [7, 11) is 0. The van der Waals surface area contributed by atoms with Crippen LogP contribution in [-0.2, 0) is 0 Å². The Morgan fingerprint density at radius 2 is 1.93 bits per heavy atom. The second-order valence-corrected chi connectivity index (χ2v) is 2.59. The van der Waals surface area contributed by atoms with E-state index >= 15 is 0 Å². The van der Waals surface area contributed by atoms with Crippen LogP contribution in [-0.4, -0.2) is 35.3 Å². The van der Waals surface area contributed by atoms with E-state index in [0.717, 1.165) is 6.33 Å². The van der Waals surface area contributed by atoms with Gasteiger partial charge in [-0.3, -0.25) is 5.10 Å². The van der Waals surface area contributed by atoms with E-state index in [2.05, 4.69) is 46.3 Å². The van der Waals surface area contributed by atoms with Crippen LogP contribution in [0.4, 0.5) is 5.95 Å². The summed E-state index contributed by atoms with van der Waals surface area (Å²) >= 11 is 3.05. The van der Waals surface area contributed by atoms with Gasteiger partial charge in [0.15, 0.2) is 4.73 Å². The number of rotatable bonds is 1. The molecule has 9 nitrogen and oxygen atoms in total. The van der Waals surface area contributed by atoms with Crippen LogP contribution in [0.25, 0.3) is 0 Å². The Hall–Kier alpha value is -1.84. The number of nitrogens with zero attached hydrogens (tertiary/aromatic N) is 5. The minimum absolute atomic E-state index is 0.329. The van der Waals surface area contributed by atoms with E-state index in [0.29, 0.717) is 4.73 Å². The van der Waals surface area contributed by atoms with E-state index in [1.165, 1.54) is 6.33 Å². The van der Waals surface area contributed by atoms with E-state index in [1.54, 1.807) is 0 Å². The Bertz CT molecular complexity index is 370. The van der Waals surface area contributed by atoms with Crippen molar-refractivity contribution in [3.05, 3.63) is 27.5 Å². The van der Waals surface area contributed by atoms with E-state index in [4.69, 9.17) is 0 Å². The van der Waals surface area contributed by atoms with Crippen molar-refractivity contribution in [2.75, 3.05) is 0 Å². The molecule has 0 radical (unpaired) electrons. The van der Waals surface area contributed by atoms with Crippen molar-refractivity contribution in [2.24, 2.45) is 0 Å². The van der Waals surface area contributed by atoms with Gasteiger partial charge in [-0.1, -0.05) is 10.1 Å². The zero-order chi connectivity index (χ0) is 10.4. The number of H-pyrrole nitrogens is 2. The molecule has 14 heavy (non-hydrogen) atoms. The van der Waals surface area contributed by atoms with Crippen molar-refractivity contribution < 1.29 is 4.92 Å². The summed E-state index contributed by atoms with van der Waals surface area (Å²) < 4.78 is 0.669. The Morgan fingerprint density at radius 3 is 2.14 bits per heavy atom. The van der Waals surface area contributed by atoms with Gasteiger partial charge in [0.1, 0.15) is 6.33 Å². The summed E-state index contributed by atoms with van der Waals surface area (Å²) in [6.07, 6.45) is 2.52. The molecule has 0 aromatic carbocycles. The molecule has 10 heteroatoms. The molecule has 2 N–H and O–H groups in total. The predicted molar refractivity (Wildman–Crippen MR) is 47.1 cm³/mol. The lowest BCUT2D eigenvalue weighted by molar-refractivity contribution is -0.394. The number of hydrogen-bond donors (Lipinski definition) is 2. The molecule has 0 saturated heterocycles. The van der Waals surface area contributed by atoms with Crippen molar-refractivity contribution in [3.8, 4) is 0 Å². The first-order valence-corrected chi connectivity index (χ1v) is 4.00. The smallest absolute Gasteiger partial charge is 0.390 e. The van der Waals surface area contributed by atoms with Gasteiger partial charge in [-0.25, -0.2) is 4.98 Å². The van der Waals surface area contributed by atoms with E-state index in [9.17, 15) is 10.1 Å². The SMILES string of the molecule is Brc1ncn[nH]1.O=[N+]([O-])c1ncn[nH]1. The van der Waals surface area contributed by atoms with Crippen molar-refractivity contribution in [1.29, 1.82) is 0 Å². The number of aromatic nitrogens is 6. The summed E-state index contributed by atoms with van der Waals surface area (Å²) in [5.74, 6) is -0.329. The van der Waals surface area contributed by atoms with Crippen LogP contribution >= 0.6 is 15.9 Å². The maximum Gasteiger partial charge on any atom is 0.453 e. The van der Waals surface area contributed by atoms with Crippen LogP contribution in [0.15, 0.2) is 17.4 Å². The molecule has 2 rings (SSSR count). The fraction of sp³-hybridized carbons (Fsp3) is 0. The van der Waals surface area contributed by atoms with Gasteiger partial charge in [0, 0.05) is 0 Å². The Kier molecular flexibility index (Phi) is 3.67. The number of aromatic amines is 2. The minimum atomic E-state index is -0.646. The number of nitro groups is 1. The topological polar surface area (TPSA) is 126 Å². The maximum absolute atomic E-state index is 9.73. The molecule has 0 aliphatic heterocycles. The molecule has 2 aromatic rings. The normalized spacial score (nSPS) is 8.93. The van der Waals surface area contributed by atoms with Crippen LogP contribution in [0, 0.1) is 10.1 Å². The second kappa shape index (κ2) is 5.01. The quantitative estimate of drug-likeness (QED) is 0.561. The fourth-order valence-electron chi connectivity index (χ4n) is 0.478. The first kappa shape index (κ1) is 10.2. The van der Waals surface area contributed by atoms with Gasteiger partial charge in [-0.2, -0.15) is 5.10 Å². The Labute approximate surface area is 85.2 Å². The average Bonchev–Trinajstić information content (AvgIpc) is 2.75. The summed E-state index contributed by atoms with van der Waals surface area (Å²) in [5, 5.41) is 21.2. The lowest BCUT2D eigenvalue weighted by Crippen LogP contribution is -1.88. The molecule has 0 bridgehead atoms. The van der Waals surface area contributed by atoms with Crippen molar-refractivity contribution in [1.82, 2.24) is 30.4 Å². The number of halogens is 1. The number of nitrogens with one attached hydrogen (secondary N) is 2. The number of hydrogen-bond acceptors (Lipinski definition) is 6. The highest BCUT2D eigenvalue weighted by molar-refractivity contribution is 9.10. The van der Waals surface area contributed by atoms with Gasteiger partial charge in [-0.05, 0) is 20.9 Å². The molecule has 2 aromatic heterocycles. The van der Waals surface area contributed by atoms with Crippen LogP contribution in [0.2, 0.25) is 0 Å². The Morgan fingerprint density at radius 1 is 1.29 bits per heavy atom. The Balaban J connectivity index is 0.000000146. The molecule has 0 saturated carbocycles. The maximum atomic E-state index is 9.73. The zero-order valence-corrected chi connectivity index (χ0v) is 8.17. The third-order valence-electron chi connectivity index (χ3n) is 0.961. The van der Waals surface area contributed by atoms with Crippen LogP contribution in [0.5, 0.6) is 0 Å². The van der Waals surface area contributed by atoms with Crippen molar-refractivity contribution >= 4 is 21.9 Å². The van der Waals surface area contributed by atoms with E-state index in [-0.39, 0.29) is 5.95 Å².